The van der Waals surface area contributed by atoms with Crippen LogP contribution in [0.2, 0.25) is 0 Å². The number of hydrogen-bond donors (Lipinski definition) is 2. The molecule has 4 heteroatoms. The molecule has 4 nitrogen and oxygen atoms in total. The third kappa shape index (κ3) is 2.56. The van der Waals surface area contributed by atoms with Gasteiger partial charge in [-0.05, 0) is 43.1 Å². The molecule has 0 saturated heterocycles. The first-order valence-electron chi connectivity index (χ1n) is 8.85. The smallest absolute Gasteiger partial charge is 0.338 e. The lowest BCUT2D eigenvalue weighted by Gasteiger charge is -2.59. The maximum atomic E-state index is 11.7. The summed E-state index contributed by atoms with van der Waals surface area (Å²) >= 11 is 0. The number of carbonyl (C=O) groups excluding carboxylic acids is 1. The Morgan fingerprint density at radius 3 is 2.79 bits per heavy atom. The van der Waals surface area contributed by atoms with Gasteiger partial charge in [0.05, 0.1) is 18.3 Å². The second kappa shape index (κ2) is 6.16. The van der Waals surface area contributed by atoms with Crippen molar-refractivity contribution in [3.8, 4) is 0 Å². The van der Waals surface area contributed by atoms with Crippen molar-refractivity contribution in [1.82, 2.24) is 0 Å². The minimum atomic E-state index is -0.481. The van der Waals surface area contributed by atoms with Gasteiger partial charge in [-0.15, -0.1) is 0 Å². The summed E-state index contributed by atoms with van der Waals surface area (Å²) in [6.45, 7) is 8.87. The van der Waals surface area contributed by atoms with Crippen molar-refractivity contribution in [3.63, 3.8) is 0 Å². The molecule has 2 aliphatic carbocycles. The van der Waals surface area contributed by atoms with E-state index in [1.165, 1.54) is 5.57 Å². The summed E-state index contributed by atoms with van der Waals surface area (Å²) in [7, 11) is 0. The molecule has 3 rings (SSSR count). The number of aliphatic hydroxyl groups excluding tert-OH is 2. The van der Waals surface area contributed by atoms with Gasteiger partial charge in [-0.1, -0.05) is 38.2 Å². The van der Waals surface area contributed by atoms with Crippen molar-refractivity contribution in [2.75, 3.05) is 13.2 Å². The largest absolute Gasteiger partial charge is 0.458 e. The summed E-state index contributed by atoms with van der Waals surface area (Å²) in [5.74, 6) is 0.0981. The summed E-state index contributed by atoms with van der Waals surface area (Å²) in [5, 5.41) is 20.5. The van der Waals surface area contributed by atoms with Gasteiger partial charge in [0.2, 0.25) is 0 Å². The first kappa shape index (κ1) is 17.4. The Hall–Kier alpha value is -1.39. The highest BCUT2D eigenvalue weighted by molar-refractivity contribution is 5.93. The normalized spacial score (nSPS) is 42.8. The Labute approximate surface area is 143 Å². The van der Waals surface area contributed by atoms with E-state index in [4.69, 9.17) is 4.74 Å². The van der Waals surface area contributed by atoms with Crippen molar-refractivity contribution in [3.05, 3.63) is 36.0 Å². The molecule has 5 unspecified atom stereocenters. The number of fused-ring (bicyclic) bond motifs is 1. The van der Waals surface area contributed by atoms with Gasteiger partial charge < -0.3 is 14.9 Å². The molecular formula is C20H28O4. The molecule has 0 spiro atoms. The highest BCUT2D eigenvalue weighted by Crippen LogP contribution is 2.61. The predicted molar refractivity (Wildman–Crippen MR) is 92.1 cm³/mol. The Balaban J connectivity index is 1.92. The molecular weight excluding hydrogens is 304 g/mol. The Morgan fingerprint density at radius 2 is 2.17 bits per heavy atom. The number of cyclic esters (lactones) is 1. The first-order chi connectivity index (χ1) is 11.3. The number of carbonyl (C=O) groups is 1. The summed E-state index contributed by atoms with van der Waals surface area (Å²) in [5.41, 5.74) is 1.24. The van der Waals surface area contributed by atoms with E-state index in [1.807, 2.05) is 13.0 Å². The monoisotopic (exact) mass is 332 g/mol. The van der Waals surface area contributed by atoms with Gasteiger partial charge >= 0.3 is 5.97 Å². The molecule has 2 saturated carbocycles. The molecule has 5 atom stereocenters. The molecule has 2 N–H and O–H groups in total. The van der Waals surface area contributed by atoms with Crippen LogP contribution >= 0.6 is 0 Å². The zero-order chi connectivity index (χ0) is 17.5. The van der Waals surface area contributed by atoms with Crippen molar-refractivity contribution >= 4 is 5.97 Å². The number of esters is 1. The minimum absolute atomic E-state index is 0.00515. The lowest BCUT2D eigenvalue weighted by atomic mass is 9.46. The van der Waals surface area contributed by atoms with Crippen LogP contribution in [0.5, 0.6) is 0 Å². The molecule has 0 radical (unpaired) electrons. The van der Waals surface area contributed by atoms with Crippen LogP contribution in [0.15, 0.2) is 36.0 Å². The third-order valence-corrected chi connectivity index (χ3v) is 6.78. The van der Waals surface area contributed by atoms with Gasteiger partial charge in [0.25, 0.3) is 0 Å². The maximum absolute atomic E-state index is 11.7. The van der Waals surface area contributed by atoms with Gasteiger partial charge in [-0.3, -0.25) is 0 Å². The van der Waals surface area contributed by atoms with Crippen LogP contribution in [-0.2, 0) is 9.53 Å². The summed E-state index contributed by atoms with van der Waals surface area (Å²) in [6.07, 6.45) is 8.69. The van der Waals surface area contributed by atoms with Crippen molar-refractivity contribution in [1.29, 1.82) is 0 Å². The van der Waals surface area contributed by atoms with Crippen molar-refractivity contribution < 1.29 is 19.7 Å². The van der Waals surface area contributed by atoms with Crippen LogP contribution in [-0.4, -0.2) is 35.5 Å². The third-order valence-electron chi connectivity index (χ3n) is 6.78. The molecule has 24 heavy (non-hydrogen) atoms. The predicted octanol–water partition coefficient (Wildman–Crippen LogP) is 2.77. The second-order valence-corrected chi connectivity index (χ2v) is 8.07. The van der Waals surface area contributed by atoms with E-state index in [0.29, 0.717) is 18.6 Å². The average molecular weight is 332 g/mol. The SMILES string of the molecule is C=C1CCC2C(C)(CO)C(O)CCC2(C)C1/C=C/C1=CCOC1=O. The summed E-state index contributed by atoms with van der Waals surface area (Å²) < 4.78 is 4.96. The van der Waals surface area contributed by atoms with Crippen LogP contribution < -0.4 is 0 Å². The Morgan fingerprint density at radius 1 is 1.42 bits per heavy atom. The zero-order valence-corrected chi connectivity index (χ0v) is 14.6. The molecule has 0 aromatic carbocycles. The van der Waals surface area contributed by atoms with E-state index in [9.17, 15) is 15.0 Å². The lowest BCUT2D eigenvalue weighted by Crippen LogP contribution is -2.57. The maximum Gasteiger partial charge on any atom is 0.338 e. The number of rotatable bonds is 3. The quantitative estimate of drug-likeness (QED) is 0.616. The van der Waals surface area contributed by atoms with Crippen LogP contribution in [0, 0.1) is 22.7 Å². The van der Waals surface area contributed by atoms with E-state index in [0.717, 1.165) is 19.3 Å². The van der Waals surface area contributed by atoms with Crippen LogP contribution in [0.3, 0.4) is 0 Å². The molecule has 2 fully saturated rings. The van der Waals surface area contributed by atoms with Gasteiger partial charge in [0.15, 0.2) is 0 Å². The topological polar surface area (TPSA) is 66.8 Å². The first-order valence-corrected chi connectivity index (χ1v) is 8.85. The zero-order valence-electron chi connectivity index (χ0n) is 14.6. The Kier molecular flexibility index (Phi) is 4.47. The number of ether oxygens (including phenoxy) is 1. The molecule has 0 bridgehead atoms. The van der Waals surface area contributed by atoms with E-state index >= 15 is 0 Å². The molecule has 1 aliphatic heterocycles. The molecule has 0 aromatic heterocycles. The highest BCUT2D eigenvalue weighted by atomic mass is 16.5. The van der Waals surface area contributed by atoms with Crippen LogP contribution in [0.25, 0.3) is 0 Å². The number of allylic oxidation sites excluding steroid dienone is 2. The van der Waals surface area contributed by atoms with E-state index in [-0.39, 0.29) is 29.8 Å². The minimum Gasteiger partial charge on any atom is -0.458 e. The van der Waals surface area contributed by atoms with Crippen molar-refractivity contribution in [2.45, 2.75) is 45.6 Å². The van der Waals surface area contributed by atoms with Gasteiger partial charge in [0.1, 0.15) is 6.61 Å². The number of hydrogen-bond acceptors (Lipinski definition) is 4. The molecule has 0 amide bonds. The molecule has 0 aromatic rings. The highest BCUT2D eigenvalue weighted by Gasteiger charge is 2.57. The fraction of sp³-hybridized carbons (Fsp3) is 0.650. The second-order valence-electron chi connectivity index (χ2n) is 8.07. The van der Waals surface area contributed by atoms with Crippen LogP contribution in [0.4, 0.5) is 0 Å². The fourth-order valence-electron chi connectivity index (χ4n) is 5.20. The van der Waals surface area contributed by atoms with Gasteiger partial charge in [-0.2, -0.15) is 0 Å². The number of aliphatic hydroxyl groups is 2. The fourth-order valence-corrected chi connectivity index (χ4v) is 5.20. The summed E-state index contributed by atoms with van der Waals surface area (Å²) in [6, 6.07) is 0. The van der Waals surface area contributed by atoms with Crippen molar-refractivity contribution in [2.24, 2.45) is 22.7 Å². The molecule has 132 valence electrons. The standard InChI is InChI=1S/C20H28O4/c1-13-4-7-16-19(2,10-8-17(22)20(16,3)12-21)15(13)6-5-14-9-11-24-18(14)23/h5-6,9,15-17,21-22H,1,4,7-8,10-12H2,2-3H3/b6-5+. The van der Waals surface area contributed by atoms with E-state index in [1.54, 1.807) is 6.08 Å². The van der Waals surface area contributed by atoms with E-state index in [2.05, 4.69) is 19.6 Å². The average Bonchev–Trinajstić information content (AvgIpc) is 2.96. The lowest BCUT2D eigenvalue weighted by molar-refractivity contribution is -0.145. The van der Waals surface area contributed by atoms with Gasteiger partial charge in [-0.25, -0.2) is 4.79 Å². The Bertz CT molecular complexity index is 605. The van der Waals surface area contributed by atoms with Crippen LogP contribution in [0.1, 0.15) is 39.5 Å². The van der Waals surface area contributed by atoms with E-state index < -0.39 is 11.5 Å². The summed E-state index contributed by atoms with van der Waals surface area (Å²) in [4.78, 5) is 11.7. The molecule has 3 aliphatic rings. The molecule has 1 heterocycles. The van der Waals surface area contributed by atoms with Gasteiger partial charge in [0, 0.05) is 11.3 Å².